The van der Waals surface area contributed by atoms with Crippen LogP contribution < -0.4 is 10.6 Å². The van der Waals surface area contributed by atoms with E-state index in [2.05, 4.69) is 22.8 Å². The molecule has 1 aliphatic rings. The van der Waals surface area contributed by atoms with E-state index in [1.54, 1.807) is 0 Å². The Morgan fingerprint density at radius 2 is 1.56 bits per heavy atom. The molecule has 0 aliphatic heterocycles. The Hall–Kier alpha value is -3.15. The summed E-state index contributed by atoms with van der Waals surface area (Å²) in [5.74, 6) is -0.685. The first-order valence-corrected chi connectivity index (χ1v) is 8.83. The van der Waals surface area contributed by atoms with Gasteiger partial charge >= 0.3 is 6.09 Å². The third-order valence-corrected chi connectivity index (χ3v) is 4.69. The van der Waals surface area contributed by atoms with Crippen LogP contribution in [0.25, 0.3) is 11.1 Å². The van der Waals surface area contributed by atoms with Gasteiger partial charge in [-0.2, -0.15) is 0 Å². The third-order valence-electron chi connectivity index (χ3n) is 4.69. The lowest BCUT2D eigenvalue weighted by Gasteiger charge is -2.18. The topological polar surface area (TPSA) is 84.5 Å². The summed E-state index contributed by atoms with van der Waals surface area (Å²) in [6.45, 7) is 1.52. The molecule has 1 unspecified atom stereocenters. The summed E-state index contributed by atoms with van der Waals surface area (Å²) in [4.78, 5) is 35.4. The summed E-state index contributed by atoms with van der Waals surface area (Å²) in [5.41, 5.74) is 4.50. The number of rotatable bonds is 6. The van der Waals surface area contributed by atoms with E-state index in [0.29, 0.717) is 0 Å². The van der Waals surface area contributed by atoms with Crippen molar-refractivity contribution in [2.75, 3.05) is 13.7 Å². The lowest BCUT2D eigenvalue weighted by molar-refractivity contribution is -0.126. The Morgan fingerprint density at radius 1 is 1.00 bits per heavy atom. The monoisotopic (exact) mass is 366 g/mol. The van der Waals surface area contributed by atoms with Crippen LogP contribution in [0.5, 0.6) is 0 Å². The number of carbonyl (C=O) groups is 3. The van der Waals surface area contributed by atoms with E-state index in [1.165, 1.54) is 14.0 Å². The predicted molar refractivity (Wildman–Crippen MR) is 101 cm³/mol. The maximum absolute atomic E-state index is 12.2. The second kappa shape index (κ2) is 8.03. The Balaban J connectivity index is 1.70. The Kier molecular flexibility index (Phi) is 5.54. The molecule has 0 saturated carbocycles. The van der Waals surface area contributed by atoms with Crippen LogP contribution in [0.15, 0.2) is 48.5 Å². The normalized spacial score (nSPS) is 13.3. The van der Waals surface area contributed by atoms with Gasteiger partial charge in [-0.3, -0.25) is 9.59 Å². The van der Waals surface area contributed by atoms with E-state index in [-0.39, 0.29) is 24.7 Å². The van der Waals surface area contributed by atoms with Crippen molar-refractivity contribution in [2.24, 2.45) is 0 Å². The number of benzene rings is 2. The highest BCUT2D eigenvalue weighted by Crippen LogP contribution is 2.44. The number of likely N-dealkylation sites (N-methyl/N-ethyl adjacent to an activating group) is 1. The Labute approximate surface area is 157 Å². The highest BCUT2D eigenvalue weighted by atomic mass is 16.5. The van der Waals surface area contributed by atoms with E-state index in [9.17, 15) is 14.4 Å². The molecule has 2 N–H and O–H groups in total. The van der Waals surface area contributed by atoms with E-state index in [4.69, 9.17) is 4.74 Å². The zero-order valence-corrected chi connectivity index (χ0v) is 15.3. The van der Waals surface area contributed by atoms with Crippen LogP contribution in [0, 0.1) is 0 Å². The number of alkyl carbamates (subject to hydrolysis) is 1. The van der Waals surface area contributed by atoms with Crippen LogP contribution in [-0.2, 0) is 14.3 Å². The number of hydrogen-bond acceptors (Lipinski definition) is 4. The molecular weight excluding hydrogens is 344 g/mol. The van der Waals surface area contributed by atoms with Crippen molar-refractivity contribution in [1.82, 2.24) is 10.6 Å². The molecule has 140 valence electrons. The highest BCUT2D eigenvalue weighted by molar-refractivity contribution is 5.90. The van der Waals surface area contributed by atoms with Gasteiger partial charge in [-0.05, 0) is 29.2 Å². The van der Waals surface area contributed by atoms with Crippen molar-refractivity contribution < 1.29 is 19.1 Å². The second-order valence-electron chi connectivity index (χ2n) is 6.54. The van der Waals surface area contributed by atoms with Gasteiger partial charge in [0.25, 0.3) is 0 Å². The zero-order chi connectivity index (χ0) is 19.4. The van der Waals surface area contributed by atoms with Crippen molar-refractivity contribution in [3.8, 4) is 11.1 Å². The molecule has 6 nitrogen and oxygen atoms in total. The number of carbonyl (C=O) groups excluding carboxylic acids is 3. The minimum absolute atomic E-state index is 0.0607. The standard InChI is InChI=1S/C21H22N2O4/c1-13(24)11-19(20(25)22-2)23-21(26)27-12-18-16-9-5-3-7-14(16)15-8-4-6-10-17(15)18/h3-10,18-19H,11-12H2,1-2H3,(H,22,25)(H,23,26). The van der Waals surface area contributed by atoms with Crippen molar-refractivity contribution >= 4 is 17.8 Å². The average Bonchev–Trinajstić information content (AvgIpc) is 2.99. The zero-order valence-electron chi connectivity index (χ0n) is 15.3. The molecule has 0 aromatic heterocycles. The summed E-state index contributed by atoms with van der Waals surface area (Å²) in [7, 11) is 1.45. The lowest BCUT2D eigenvalue weighted by Crippen LogP contribution is -2.47. The number of ketones is 1. The molecule has 0 heterocycles. The van der Waals surface area contributed by atoms with Crippen molar-refractivity contribution in [3.05, 3.63) is 59.7 Å². The summed E-state index contributed by atoms with van der Waals surface area (Å²) >= 11 is 0. The van der Waals surface area contributed by atoms with Crippen LogP contribution in [0.2, 0.25) is 0 Å². The van der Waals surface area contributed by atoms with Gasteiger partial charge in [0.05, 0.1) is 0 Å². The molecule has 0 radical (unpaired) electrons. The smallest absolute Gasteiger partial charge is 0.407 e. The summed E-state index contributed by atoms with van der Waals surface area (Å²) in [5, 5.41) is 4.91. The number of nitrogens with one attached hydrogen (secondary N) is 2. The summed E-state index contributed by atoms with van der Waals surface area (Å²) in [6.07, 6.45) is -0.796. The van der Waals surface area contributed by atoms with Gasteiger partial charge in [0.2, 0.25) is 5.91 Å². The SMILES string of the molecule is CNC(=O)C(CC(C)=O)NC(=O)OCC1c2ccccc2-c2ccccc21. The third kappa shape index (κ3) is 4.00. The molecule has 3 rings (SSSR count). The molecule has 2 aromatic rings. The lowest BCUT2D eigenvalue weighted by atomic mass is 9.98. The largest absolute Gasteiger partial charge is 0.449 e. The van der Waals surface area contributed by atoms with Gasteiger partial charge in [0, 0.05) is 19.4 Å². The predicted octanol–water partition coefficient (Wildman–Crippen LogP) is 2.62. The van der Waals surface area contributed by atoms with Gasteiger partial charge in [-0.15, -0.1) is 0 Å². The molecule has 1 atom stereocenters. The minimum Gasteiger partial charge on any atom is -0.449 e. The molecular formula is C21H22N2O4. The fraction of sp³-hybridized carbons (Fsp3) is 0.286. The maximum Gasteiger partial charge on any atom is 0.407 e. The van der Waals surface area contributed by atoms with E-state index < -0.39 is 18.0 Å². The number of fused-ring (bicyclic) bond motifs is 3. The van der Waals surface area contributed by atoms with Crippen molar-refractivity contribution in [1.29, 1.82) is 0 Å². The summed E-state index contributed by atoms with van der Waals surface area (Å²) < 4.78 is 5.41. The molecule has 0 bridgehead atoms. The molecule has 6 heteroatoms. The van der Waals surface area contributed by atoms with Gasteiger partial charge in [-0.25, -0.2) is 4.79 Å². The Morgan fingerprint density at radius 3 is 2.07 bits per heavy atom. The molecule has 1 aliphatic carbocycles. The molecule has 2 amide bonds. The van der Waals surface area contributed by atoms with Gasteiger partial charge < -0.3 is 15.4 Å². The quantitative estimate of drug-likeness (QED) is 0.823. The fourth-order valence-electron chi connectivity index (χ4n) is 3.45. The summed E-state index contributed by atoms with van der Waals surface area (Å²) in [6, 6.07) is 15.1. The number of hydrogen-bond donors (Lipinski definition) is 2. The van der Waals surface area contributed by atoms with Crippen molar-refractivity contribution in [2.45, 2.75) is 25.3 Å². The van der Waals surface area contributed by atoms with Gasteiger partial charge in [0.1, 0.15) is 18.4 Å². The number of ether oxygens (including phenoxy) is 1. The first-order valence-electron chi connectivity index (χ1n) is 8.83. The van der Waals surface area contributed by atoms with Crippen LogP contribution in [0.4, 0.5) is 4.79 Å². The maximum atomic E-state index is 12.2. The molecule has 0 spiro atoms. The molecule has 27 heavy (non-hydrogen) atoms. The van der Waals surface area contributed by atoms with Crippen molar-refractivity contribution in [3.63, 3.8) is 0 Å². The molecule has 2 aromatic carbocycles. The van der Waals surface area contributed by atoms with Crippen LogP contribution in [0.1, 0.15) is 30.4 Å². The average molecular weight is 366 g/mol. The fourth-order valence-corrected chi connectivity index (χ4v) is 3.45. The van der Waals surface area contributed by atoms with E-state index in [1.807, 2.05) is 36.4 Å². The van der Waals surface area contributed by atoms with Gasteiger partial charge in [0.15, 0.2) is 0 Å². The number of Topliss-reactive ketones (excluding diaryl/α,β-unsaturated/α-hetero) is 1. The first-order chi connectivity index (χ1) is 13.0. The van der Waals surface area contributed by atoms with E-state index in [0.717, 1.165) is 22.3 Å². The van der Waals surface area contributed by atoms with Crippen LogP contribution >= 0.6 is 0 Å². The second-order valence-corrected chi connectivity index (χ2v) is 6.54. The minimum atomic E-state index is -0.942. The number of amides is 2. The van der Waals surface area contributed by atoms with E-state index >= 15 is 0 Å². The molecule has 0 fully saturated rings. The Bertz CT molecular complexity index is 832. The van der Waals surface area contributed by atoms with Gasteiger partial charge in [-0.1, -0.05) is 48.5 Å². The first kappa shape index (κ1) is 18.6. The van der Waals surface area contributed by atoms with Crippen LogP contribution in [-0.4, -0.2) is 37.5 Å². The highest BCUT2D eigenvalue weighted by Gasteiger charge is 2.29. The van der Waals surface area contributed by atoms with Crippen LogP contribution in [0.3, 0.4) is 0 Å². The molecule has 0 saturated heterocycles.